The maximum Gasteiger partial charge on any atom is 0.111 e. The Bertz CT molecular complexity index is 193. The molecule has 0 amide bonds. The summed E-state index contributed by atoms with van der Waals surface area (Å²) in [6.07, 6.45) is 3.12. The normalized spacial score (nSPS) is 43.0. The Morgan fingerprint density at radius 1 is 1.78 bits per heavy atom. The summed E-state index contributed by atoms with van der Waals surface area (Å²) in [5.74, 6) is 0. The fourth-order valence-electron chi connectivity index (χ4n) is 1.07. The van der Waals surface area contributed by atoms with Gasteiger partial charge in [0.1, 0.15) is 7.14 Å². The molecular weight excluding hydrogens is 131 g/mol. The maximum atomic E-state index is 11.6. The highest BCUT2D eigenvalue weighted by atomic mass is 31.2. The quantitative estimate of drug-likeness (QED) is 0.477. The van der Waals surface area contributed by atoms with Crippen molar-refractivity contribution in [2.75, 3.05) is 6.66 Å². The second-order valence-corrected chi connectivity index (χ2v) is 6.49. The molecule has 0 aliphatic carbocycles. The molecule has 0 radical (unpaired) electrons. The molecule has 1 aliphatic rings. The van der Waals surface area contributed by atoms with Gasteiger partial charge in [0, 0.05) is 5.66 Å². The molecule has 0 saturated heterocycles. The van der Waals surface area contributed by atoms with Gasteiger partial charge in [-0.25, -0.2) is 0 Å². The molecule has 1 nitrogen and oxygen atoms in total. The van der Waals surface area contributed by atoms with Gasteiger partial charge in [-0.15, -0.1) is 0 Å². The second kappa shape index (κ2) is 1.98. The van der Waals surface area contributed by atoms with E-state index >= 15 is 0 Å². The van der Waals surface area contributed by atoms with Crippen molar-refractivity contribution in [3.05, 3.63) is 11.4 Å². The molecule has 2 heteroatoms. The molecular formula is C7H13OP. The van der Waals surface area contributed by atoms with E-state index in [-0.39, 0.29) is 0 Å². The van der Waals surface area contributed by atoms with Crippen LogP contribution >= 0.6 is 7.14 Å². The van der Waals surface area contributed by atoms with Crippen LogP contribution in [0.5, 0.6) is 0 Å². The van der Waals surface area contributed by atoms with Gasteiger partial charge in [0.2, 0.25) is 0 Å². The summed E-state index contributed by atoms with van der Waals surface area (Å²) in [5, 5.41) is 1.12. The van der Waals surface area contributed by atoms with E-state index in [0.29, 0.717) is 5.66 Å². The number of hydrogen-bond donors (Lipinski definition) is 0. The first-order chi connectivity index (χ1) is 4.05. The summed E-state index contributed by atoms with van der Waals surface area (Å²) in [4.78, 5) is 0. The molecule has 0 bridgehead atoms. The highest BCUT2D eigenvalue weighted by molar-refractivity contribution is 7.68. The van der Waals surface area contributed by atoms with Crippen LogP contribution in [-0.2, 0) is 4.57 Å². The largest absolute Gasteiger partial charge is 0.319 e. The Labute approximate surface area is 56.5 Å². The molecule has 1 heterocycles. The topological polar surface area (TPSA) is 17.1 Å². The third kappa shape index (κ3) is 0.986. The molecule has 0 spiro atoms. The smallest absolute Gasteiger partial charge is 0.111 e. The first-order valence-electron chi connectivity index (χ1n) is 3.29. The van der Waals surface area contributed by atoms with Crippen LogP contribution in [0.3, 0.4) is 0 Å². The van der Waals surface area contributed by atoms with Crippen LogP contribution < -0.4 is 0 Å². The minimum atomic E-state index is -1.86. The predicted molar refractivity (Wildman–Crippen MR) is 41.4 cm³/mol. The van der Waals surface area contributed by atoms with Crippen LogP contribution in [0.15, 0.2) is 11.4 Å². The molecule has 0 fully saturated rings. The highest BCUT2D eigenvalue weighted by Crippen LogP contribution is 2.59. The van der Waals surface area contributed by atoms with Gasteiger partial charge in [-0.3, -0.25) is 0 Å². The summed E-state index contributed by atoms with van der Waals surface area (Å²) in [7, 11) is -1.86. The Morgan fingerprint density at radius 2 is 2.33 bits per heavy atom. The Hall–Kier alpha value is -0.0300. The van der Waals surface area contributed by atoms with Crippen molar-refractivity contribution in [1.29, 1.82) is 0 Å². The molecule has 0 N–H and O–H groups in total. The fourth-order valence-corrected chi connectivity index (χ4v) is 2.74. The average molecular weight is 144 g/mol. The first kappa shape index (κ1) is 7.08. The number of hydrogen-bond acceptors (Lipinski definition) is 1. The Balaban J connectivity index is 2.94. The lowest BCUT2D eigenvalue weighted by Crippen LogP contribution is -1.94. The number of allylic oxidation sites excluding steroid dienone is 2. The molecule has 2 atom stereocenters. The van der Waals surface area contributed by atoms with Crippen molar-refractivity contribution in [3.8, 4) is 0 Å². The van der Waals surface area contributed by atoms with Crippen LogP contribution in [0.1, 0.15) is 20.3 Å². The van der Waals surface area contributed by atoms with Gasteiger partial charge in [-0.2, -0.15) is 0 Å². The van der Waals surface area contributed by atoms with Crippen molar-refractivity contribution in [1.82, 2.24) is 0 Å². The monoisotopic (exact) mass is 144 g/mol. The molecule has 0 aromatic carbocycles. The first-order valence-corrected chi connectivity index (χ1v) is 5.52. The standard InChI is InChI=1S/C7H13OP/c1-6-4-5-7(2)9(6,3)8/h4,7H,5H2,1-3H3/t7-,9+/m0/s1. The third-order valence-electron chi connectivity index (χ3n) is 2.30. The van der Waals surface area contributed by atoms with Crippen molar-refractivity contribution in [3.63, 3.8) is 0 Å². The minimum Gasteiger partial charge on any atom is -0.319 e. The summed E-state index contributed by atoms with van der Waals surface area (Å²) in [6.45, 7) is 5.93. The predicted octanol–water partition coefficient (Wildman–Crippen LogP) is 2.68. The van der Waals surface area contributed by atoms with Gasteiger partial charge in [0.25, 0.3) is 0 Å². The zero-order valence-corrected chi connectivity index (χ0v) is 7.11. The van der Waals surface area contributed by atoms with Crippen LogP contribution in [0.4, 0.5) is 0 Å². The van der Waals surface area contributed by atoms with Gasteiger partial charge in [0.05, 0.1) is 0 Å². The fraction of sp³-hybridized carbons (Fsp3) is 0.714. The molecule has 0 aromatic heterocycles. The zero-order chi connectivity index (χ0) is 7.07. The third-order valence-corrected chi connectivity index (χ3v) is 5.77. The van der Waals surface area contributed by atoms with Crippen molar-refractivity contribution in [2.45, 2.75) is 25.9 Å². The maximum absolute atomic E-state index is 11.6. The molecule has 1 aliphatic heterocycles. The lowest BCUT2D eigenvalue weighted by Gasteiger charge is -2.11. The Kier molecular flexibility index (Phi) is 1.56. The minimum absolute atomic E-state index is 0.400. The van der Waals surface area contributed by atoms with E-state index in [0.717, 1.165) is 11.7 Å². The highest BCUT2D eigenvalue weighted by Gasteiger charge is 2.29. The molecule has 0 saturated carbocycles. The van der Waals surface area contributed by atoms with Gasteiger partial charge in [-0.1, -0.05) is 13.0 Å². The lowest BCUT2D eigenvalue weighted by atomic mass is 10.3. The van der Waals surface area contributed by atoms with E-state index in [1.807, 2.05) is 13.6 Å². The van der Waals surface area contributed by atoms with Crippen LogP contribution in [0.25, 0.3) is 0 Å². The van der Waals surface area contributed by atoms with Gasteiger partial charge in [-0.05, 0) is 25.3 Å². The van der Waals surface area contributed by atoms with Crippen LogP contribution in [0.2, 0.25) is 0 Å². The molecule has 52 valence electrons. The van der Waals surface area contributed by atoms with E-state index in [1.54, 1.807) is 0 Å². The summed E-state index contributed by atoms with van der Waals surface area (Å²) in [5.41, 5.74) is 0.400. The van der Waals surface area contributed by atoms with Gasteiger partial charge < -0.3 is 4.57 Å². The SMILES string of the molecule is CC1=CC[C@H](C)[P@]1(C)=O. The molecule has 0 unspecified atom stereocenters. The van der Waals surface area contributed by atoms with E-state index in [9.17, 15) is 4.57 Å². The zero-order valence-electron chi connectivity index (χ0n) is 6.22. The average Bonchev–Trinajstić information content (AvgIpc) is 1.96. The summed E-state index contributed by atoms with van der Waals surface area (Å²) < 4.78 is 11.6. The van der Waals surface area contributed by atoms with Crippen molar-refractivity contribution >= 4 is 7.14 Å². The molecule has 1 rings (SSSR count). The van der Waals surface area contributed by atoms with Gasteiger partial charge >= 0.3 is 0 Å². The number of rotatable bonds is 0. The van der Waals surface area contributed by atoms with E-state index in [4.69, 9.17) is 0 Å². The van der Waals surface area contributed by atoms with E-state index < -0.39 is 7.14 Å². The second-order valence-electron chi connectivity index (χ2n) is 2.92. The van der Waals surface area contributed by atoms with Crippen molar-refractivity contribution in [2.24, 2.45) is 0 Å². The molecule has 9 heavy (non-hydrogen) atoms. The van der Waals surface area contributed by atoms with E-state index in [1.165, 1.54) is 0 Å². The molecule has 0 aromatic rings. The van der Waals surface area contributed by atoms with Gasteiger partial charge in [0.15, 0.2) is 0 Å². The Morgan fingerprint density at radius 3 is 2.44 bits per heavy atom. The van der Waals surface area contributed by atoms with Crippen LogP contribution in [0, 0.1) is 0 Å². The lowest BCUT2D eigenvalue weighted by molar-refractivity contribution is 0.577. The summed E-state index contributed by atoms with van der Waals surface area (Å²) >= 11 is 0. The van der Waals surface area contributed by atoms with E-state index in [2.05, 4.69) is 13.0 Å². The van der Waals surface area contributed by atoms with Crippen molar-refractivity contribution < 1.29 is 4.57 Å². The summed E-state index contributed by atoms with van der Waals surface area (Å²) in [6, 6.07) is 0. The van der Waals surface area contributed by atoms with Crippen LogP contribution in [-0.4, -0.2) is 12.3 Å².